The first-order chi connectivity index (χ1) is 8.28. The molecule has 2 saturated heterocycles. The van der Waals surface area contributed by atoms with Gasteiger partial charge in [0, 0.05) is 18.9 Å². The van der Waals surface area contributed by atoms with E-state index in [1.165, 1.54) is 12.4 Å². The third-order valence-electron chi connectivity index (χ3n) is 3.16. The molecule has 2 atom stereocenters. The number of nitrogens with one attached hydrogen (secondary N) is 1. The van der Waals surface area contributed by atoms with Gasteiger partial charge in [0.2, 0.25) is 5.95 Å². The monoisotopic (exact) mass is 236 g/mol. The van der Waals surface area contributed by atoms with Crippen molar-refractivity contribution in [1.82, 2.24) is 15.4 Å². The quantitative estimate of drug-likeness (QED) is 0.535. The standard InChI is InChI=1S/C10H12N4O3/c15-9(13-16)6-2-11-10(12-3-6)14-4-8-1-7(14)5-17-8/h2-3,7-8,16H,1,4-5H2,(H,13,15)/t7-,8-/m1/s1. The molecule has 2 aliphatic heterocycles. The smallest absolute Gasteiger partial charge is 0.277 e. The maximum atomic E-state index is 11.1. The number of amides is 1. The van der Waals surface area contributed by atoms with Gasteiger partial charge in [-0.25, -0.2) is 15.4 Å². The van der Waals surface area contributed by atoms with E-state index in [2.05, 4.69) is 14.9 Å². The van der Waals surface area contributed by atoms with Gasteiger partial charge in [-0.1, -0.05) is 0 Å². The Morgan fingerprint density at radius 3 is 2.82 bits per heavy atom. The first kappa shape index (κ1) is 10.4. The zero-order chi connectivity index (χ0) is 11.8. The van der Waals surface area contributed by atoms with Gasteiger partial charge in [-0.05, 0) is 6.42 Å². The maximum Gasteiger partial charge on any atom is 0.277 e. The fourth-order valence-electron chi connectivity index (χ4n) is 2.30. The summed E-state index contributed by atoms with van der Waals surface area (Å²) >= 11 is 0. The highest BCUT2D eigenvalue weighted by atomic mass is 16.5. The van der Waals surface area contributed by atoms with E-state index in [1.54, 1.807) is 5.48 Å². The van der Waals surface area contributed by atoms with Gasteiger partial charge in [0.05, 0.1) is 24.3 Å². The number of anilines is 1. The Balaban J connectivity index is 1.78. The van der Waals surface area contributed by atoms with Crippen molar-refractivity contribution in [2.45, 2.75) is 18.6 Å². The molecule has 1 aromatic rings. The third kappa shape index (κ3) is 1.73. The second-order valence-corrected chi connectivity index (χ2v) is 4.21. The van der Waals surface area contributed by atoms with Crippen LogP contribution in [0.25, 0.3) is 0 Å². The Bertz CT molecular complexity index is 436. The van der Waals surface area contributed by atoms with Gasteiger partial charge in [-0.2, -0.15) is 0 Å². The van der Waals surface area contributed by atoms with Crippen molar-refractivity contribution in [3.8, 4) is 0 Å². The van der Waals surface area contributed by atoms with Gasteiger partial charge in [0.25, 0.3) is 5.91 Å². The number of hydroxylamine groups is 1. The molecule has 2 aliphatic rings. The summed E-state index contributed by atoms with van der Waals surface area (Å²) in [5.41, 5.74) is 1.78. The van der Waals surface area contributed by atoms with E-state index < -0.39 is 5.91 Å². The maximum absolute atomic E-state index is 11.1. The predicted molar refractivity (Wildman–Crippen MR) is 56.8 cm³/mol. The van der Waals surface area contributed by atoms with Crippen molar-refractivity contribution in [3.63, 3.8) is 0 Å². The van der Waals surface area contributed by atoms with Crippen molar-refractivity contribution in [3.05, 3.63) is 18.0 Å². The fraction of sp³-hybridized carbons (Fsp3) is 0.500. The van der Waals surface area contributed by atoms with Crippen molar-refractivity contribution in [1.29, 1.82) is 0 Å². The van der Waals surface area contributed by atoms with Crippen LogP contribution in [0.3, 0.4) is 0 Å². The zero-order valence-corrected chi connectivity index (χ0v) is 9.04. The van der Waals surface area contributed by atoms with Gasteiger partial charge < -0.3 is 9.64 Å². The number of fused-ring (bicyclic) bond motifs is 2. The molecule has 1 aromatic heterocycles. The molecule has 90 valence electrons. The minimum atomic E-state index is -0.608. The van der Waals surface area contributed by atoms with Gasteiger partial charge in [-0.15, -0.1) is 0 Å². The van der Waals surface area contributed by atoms with E-state index in [9.17, 15) is 4.79 Å². The van der Waals surface area contributed by atoms with Crippen LogP contribution in [0.5, 0.6) is 0 Å². The SMILES string of the molecule is O=C(NO)c1cnc(N2C[C@H]3C[C@@H]2CO3)nc1. The Hall–Kier alpha value is -1.73. The molecule has 2 fully saturated rings. The molecule has 7 heteroatoms. The highest BCUT2D eigenvalue weighted by molar-refractivity contribution is 5.92. The van der Waals surface area contributed by atoms with E-state index in [-0.39, 0.29) is 11.7 Å². The normalized spacial score (nSPS) is 26.3. The number of ether oxygens (including phenoxy) is 1. The van der Waals surface area contributed by atoms with Crippen molar-refractivity contribution < 1.29 is 14.7 Å². The number of morpholine rings is 1. The van der Waals surface area contributed by atoms with E-state index in [1.807, 2.05) is 0 Å². The fourth-order valence-corrected chi connectivity index (χ4v) is 2.30. The van der Waals surface area contributed by atoms with Crippen LogP contribution in [0.1, 0.15) is 16.8 Å². The van der Waals surface area contributed by atoms with Crippen LogP contribution in [0.4, 0.5) is 5.95 Å². The highest BCUT2D eigenvalue weighted by Gasteiger charge is 2.40. The highest BCUT2D eigenvalue weighted by Crippen LogP contribution is 2.30. The number of hydrogen-bond acceptors (Lipinski definition) is 6. The van der Waals surface area contributed by atoms with E-state index in [0.29, 0.717) is 18.6 Å². The summed E-state index contributed by atoms with van der Waals surface area (Å²) in [7, 11) is 0. The van der Waals surface area contributed by atoms with Crippen LogP contribution < -0.4 is 10.4 Å². The summed E-state index contributed by atoms with van der Waals surface area (Å²) in [4.78, 5) is 21.5. The van der Waals surface area contributed by atoms with Crippen LogP contribution in [-0.2, 0) is 4.74 Å². The number of hydrogen-bond donors (Lipinski definition) is 2. The number of nitrogens with zero attached hydrogens (tertiary/aromatic N) is 3. The molecule has 3 heterocycles. The van der Waals surface area contributed by atoms with Crippen LogP contribution in [0.2, 0.25) is 0 Å². The number of carbonyl (C=O) groups is 1. The lowest BCUT2D eigenvalue weighted by Gasteiger charge is -2.26. The van der Waals surface area contributed by atoms with Crippen LogP contribution in [-0.4, -0.2) is 46.4 Å². The lowest BCUT2D eigenvalue weighted by Crippen LogP contribution is -2.38. The van der Waals surface area contributed by atoms with E-state index in [4.69, 9.17) is 9.94 Å². The second-order valence-electron chi connectivity index (χ2n) is 4.21. The lowest BCUT2D eigenvalue weighted by molar-refractivity contribution is 0.0705. The number of carbonyl (C=O) groups excluding carboxylic acids is 1. The Morgan fingerprint density at radius 1 is 1.53 bits per heavy atom. The Labute approximate surface area is 97.4 Å². The molecule has 0 spiro atoms. The molecule has 3 rings (SSSR count). The summed E-state index contributed by atoms with van der Waals surface area (Å²) in [6.45, 7) is 1.52. The summed E-state index contributed by atoms with van der Waals surface area (Å²) in [5, 5.41) is 8.47. The lowest BCUT2D eigenvalue weighted by atomic mass is 10.2. The van der Waals surface area contributed by atoms with Crippen LogP contribution >= 0.6 is 0 Å². The first-order valence-corrected chi connectivity index (χ1v) is 5.42. The molecule has 0 unspecified atom stereocenters. The minimum absolute atomic E-state index is 0.233. The second kappa shape index (κ2) is 3.94. The Kier molecular flexibility index (Phi) is 2.41. The summed E-state index contributed by atoms with van der Waals surface area (Å²) in [5.74, 6) is -0.00174. The topological polar surface area (TPSA) is 87.6 Å². The third-order valence-corrected chi connectivity index (χ3v) is 3.16. The molecular weight excluding hydrogens is 224 g/mol. The number of aromatic nitrogens is 2. The average Bonchev–Trinajstić information content (AvgIpc) is 3.00. The summed E-state index contributed by atoms with van der Waals surface area (Å²) in [6.07, 6.45) is 4.10. The van der Waals surface area contributed by atoms with E-state index in [0.717, 1.165) is 13.0 Å². The minimum Gasteiger partial charge on any atom is -0.374 e. The molecule has 0 saturated carbocycles. The van der Waals surface area contributed by atoms with Crippen molar-refractivity contribution >= 4 is 11.9 Å². The molecule has 0 radical (unpaired) electrons. The molecule has 1 amide bonds. The molecular formula is C10H12N4O3. The van der Waals surface area contributed by atoms with E-state index >= 15 is 0 Å². The molecule has 0 aromatic carbocycles. The van der Waals surface area contributed by atoms with Crippen LogP contribution in [0, 0.1) is 0 Å². The molecule has 0 aliphatic carbocycles. The number of rotatable bonds is 2. The van der Waals surface area contributed by atoms with Crippen LogP contribution in [0.15, 0.2) is 12.4 Å². The average molecular weight is 236 g/mol. The first-order valence-electron chi connectivity index (χ1n) is 5.42. The molecule has 17 heavy (non-hydrogen) atoms. The van der Waals surface area contributed by atoms with Crippen molar-refractivity contribution in [2.75, 3.05) is 18.1 Å². The summed E-state index contributed by atoms with van der Waals surface area (Å²) < 4.78 is 5.49. The molecule has 2 bridgehead atoms. The molecule has 7 nitrogen and oxygen atoms in total. The summed E-state index contributed by atoms with van der Waals surface area (Å²) in [6, 6.07) is 0.345. The molecule has 2 N–H and O–H groups in total. The van der Waals surface area contributed by atoms with Gasteiger partial charge in [0.15, 0.2) is 0 Å². The van der Waals surface area contributed by atoms with Crippen molar-refractivity contribution in [2.24, 2.45) is 0 Å². The Morgan fingerprint density at radius 2 is 2.29 bits per heavy atom. The largest absolute Gasteiger partial charge is 0.374 e. The predicted octanol–water partition coefficient (Wildman–Crippen LogP) is -0.427. The van der Waals surface area contributed by atoms with Gasteiger partial charge in [0.1, 0.15) is 0 Å². The van der Waals surface area contributed by atoms with Gasteiger partial charge in [-0.3, -0.25) is 10.0 Å². The van der Waals surface area contributed by atoms with Gasteiger partial charge >= 0.3 is 0 Å². The zero-order valence-electron chi connectivity index (χ0n) is 9.04.